The molecule has 1 atom stereocenters. The monoisotopic (exact) mass is 277 g/mol. The third-order valence-corrected chi connectivity index (χ3v) is 2.28. The molecule has 0 aromatic carbocycles. The third kappa shape index (κ3) is 6.39. The molecule has 0 N–H and O–H groups in total. The van der Waals surface area contributed by atoms with E-state index >= 15 is 0 Å². The van der Waals surface area contributed by atoms with Gasteiger partial charge in [0.1, 0.15) is 0 Å². The third-order valence-electron chi connectivity index (χ3n) is 1.82. The zero-order valence-electron chi connectivity index (χ0n) is 11.1. The van der Waals surface area contributed by atoms with Gasteiger partial charge >= 0.3 is 11.9 Å². The van der Waals surface area contributed by atoms with Crippen molar-refractivity contribution in [2.45, 2.75) is 26.4 Å². The second-order valence-corrected chi connectivity index (χ2v) is 3.88. The fraction of sp³-hybridized carbons (Fsp3) is 0.727. The van der Waals surface area contributed by atoms with Crippen LogP contribution in [-0.2, 0) is 23.8 Å². The van der Waals surface area contributed by atoms with Gasteiger partial charge in [0.25, 0.3) is 5.17 Å². The molecule has 0 amide bonds. The minimum atomic E-state index is -1.07. The molecule has 0 fully saturated rings. The van der Waals surface area contributed by atoms with E-state index in [9.17, 15) is 9.59 Å². The summed E-state index contributed by atoms with van der Waals surface area (Å²) in [7, 11) is 3.35. The van der Waals surface area contributed by atoms with Crippen molar-refractivity contribution in [2.75, 3.05) is 27.3 Å². The number of carbonyl (C=O) groups is 2. The quantitative estimate of drug-likeness (QED) is 0.524. The Kier molecular flexibility index (Phi) is 8.02. The lowest BCUT2D eigenvalue weighted by Gasteiger charge is -2.20. The molecule has 0 saturated heterocycles. The Bertz CT molecular complexity index is 306. The molecule has 0 aliphatic heterocycles. The lowest BCUT2D eigenvalue weighted by molar-refractivity contribution is -0.158. The first-order valence-electron chi connectivity index (χ1n) is 5.62. The van der Waals surface area contributed by atoms with Crippen molar-refractivity contribution in [3.05, 3.63) is 0 Å². The molecule has 0 aromatic heterocycles. The van der Waals surface area contributed by atoms with Gasteiger partial charge in [-0.15, -0.1) is 0 Å². The average Bonchev–Trinajstić information content (AvgIpc) is 2.28. The Morgan fingerprint density at radius 2 is 1.72 bits per heavy atom. The second-order valence-electron chi connectivity index (χ2n) is 3.53. The van der Waals surface area contributed by atoms with Crippen LogP contribution in [0.15, 0.2) is 0 Å². The van der Waals surface area contributed by atoms with Gasteiger partial charge in [0, 0.05) is 14.1 Å². The predicted molar refractivity (Wildman–Crippen MR) is 69.0 cm³/mol. The second kappa shape index (κ2) is 8.68. The first kappa shape index (κ1) is 16.6. The van der Waals surface area contributed by atoms with Crippen molar-refractivity contribution in [2.24, 2.45) is 0 Å². The van der Waals surface area contributed by atoms with Crippen molar-refractivity contribution in [3.8, 4) is 0 Å². The fourth-order valence-electron chi connectivity index (χ4n) is 1.01. The van der Waals surface area contributed by atoms with Crippen LogP contribution in [0.3, 0.4) is 0 Å². The first-order valence-corrected chi connectivity index (χ1v) is 6.03. The number of rotatable bonds is 6. The number of carbonyl (C=O) groups excluding carboxylic acids is 2. The highest BCUT2D eigenvalue weighted by atomic mass is 32.1. The molecule has 0 saturated carbocycles. The molecule has 0 aliphatic carbocycles. The highest BCUT2D eigenvalue weighted by molar-refractivity contribution is 7.80. The topological polar surface area (TPSA) is 65.1 Å². The van der Waals surface area contributed by atoms with Crippen LogP contribution in [0.4, 0.5) is 0 Å². The number of ether oxygens (including phenoxy) is 3. The highest BCUT2D eigenvalue weighted by Crippen LogP contribution is 2.06. The molecule has 0 spiro atoms. The summed E-state index contributed by atoms with van der Waals surface area (Å²) in [5.41, 5.74) is 0. The SMILES string of the molecule is CCOC(=O)C[C@H](OC(=S)N(C)C)C(=O)OCC. The largest absolute Gasteiger partial charge is 0.466 e. The van der Waals surface area contributed by atoms with Crippen LogP contribution < -0.4 is 0 Å². The molecule has 0 rings (SSSR count). The maximum absolute atomic E-state index is 11.6. The maximum atomic E-state index is 11.6. The summed E-state index contributed by atoms with van der Waals surface area (Å²) < 4.78 is 14.8. The number of thiocarbonyl (C=S) groups is 1. The van der Waals surface area contributed by atoms with Gasteiger partial charge in [0.2, 0.25) is 6.10 Å². The van der Waals surface area contributed by atoms with E-state index in [0.717, 1.165) is 0 Å². The summed E-state index contributed by atoms with van der Waals surface area (Å²) in [6, 6.07) is 0. The Balaban J connectivity index is 4.56. The van der Waals surface area contributed by atoms with E-state index in [0.29, 0.717) is 0 Å². The molecule has 0 heterocycles. The van der Waals surface area contributed by atoms with Gasteiger partial charge in [-0.25, -0.2) is 4.79 Å². The fourth-order valence-corrected chi connectivity index (χ4v) is 1.12. The zero-order chi connectivity index (χ0) is 14.1. The van der Waals surface area contributed by atoms with Crippen LogP contribution in [-0.4, -0.2) is 55.4 Å². The Labute approximate surface area is 112 Å². The summed E-state index contributed by atoms with van der Waals surface area (Å²) in [4.78, 5) is 24.5. The maximum Gasteiger partial charge on any atom is 0.348 e. The molecule has 6 nitrogen and oxygen atoms in total. The minimum Gasteiger partial charge on any atom is -0.466 e. The lowest BCUT2D eigenvalue weighted by Crippen LogP contribution is -2.35. The van der Waals surface area contributed by atoms with E-state index in [1.54, 1.807) is 27.9 Å². The standard InChI is InChI=1S/C11H19NO5S/c1-5-15-9(13)7-8(10(14)16-6-2)17-11(18)12(3)4/h8H,5-7H2,1-4H3/t8-/m0/s1. The van der Waals surface area contributed by atoms with Crippen molar-refractivity contribution in [3.63, 3.8) is 0 Å². The van der Waals surface area contributed by atoms with Gasteiger partial charge in [0.05, 0.1) is 19.6 Å². The van der Waals surface area contributed by atoms with E-state index in [4.69, 9.17) is 26.4 Å². The number of hydrogen-bond acceptors (Lipinski definition) is 6. The van der Waals surface area contributed by atoms with Crippen LogP contribution in [0.2, 0.25) is 0 Å². The molecule has 104 valence electrons. The Morgan fingerprint density at radius 3 is 2.17 bits per heavy atom. The summed E-state index contributed by atoms with van der Waals surface area (Å²) >= 11 is 4.92. The average molecular weight is 277 g/mol. The van der Waals surface area contributed by atoms with E-state index in [-0.39, 0.29) is 24.8 Å². The smallest absolute Gasteiger partial charge is 0.348 e. The molecule has 0 aliphatic rings. The van der Waals surface area contributed by atoms with E-state index in [1.165, 1.54) is 4.90 Å². The molecule has 0 radical (unpaired) electrons. The predicted octanol–water partition coefficient (Wildman–Crippen LogP) is 0.734. The summed E-state index contributed by atoms with van der Waals surface area (Å²) in [6.45, 7) is 3.80. The first-order chi connectivity index (χ1) is 8.42. The van der Waals surface area contributed by atoms with Crippen molar-refractivity contribution >= 4 is 29.3 Å². The van der Waals surface area contributed by atoms with Crippen LogP contribution >= 0.6 is 12.2 Å². The van der Waals surface area contributed by atoms with Crippen LogP contribution in [0.5, 0.6) is 0 Å². The number of esters is 2. The molecular formula is C11H19NO5S. The summed E-state index contributed by atoms with van der Waals surface area (Å²) in [5.74, 6) is -1.16. The molecule has 0 unspecified atom stereocenters. The lowest BCUT2D eigenvalue weighted by atomic mass is 10.2. The van der Waals surface area contributed by atoms with Crippen molar-refractivity contribution < 1.29 is 23.8 Å². The van der Waals surface area contributed by atoms with E-state index < -0.39 is 18.0 Å². The van der Waals surface area contributed by atoms with Gasteiger partial charge < -0.3 is 19.1 Å². The molecule has 7 heteroatoms. The highest BCUT2D eigenvalue weighted by Gasteiger charge is 2.27. The zero-order valence-corrected chi connectivity index (χ0v) is 11.9. The summed E-state index contributed by atoms with van der Waals surface area (Å²) in [5, 5.41) is 0.109. The van der Waals surface area contributed by atoms with Crippen molar-refractivity contribution in [1.82, 2.24) is 4.90 Å². The minimum absolute atomic E-state index is 0.109. The van der Waals surface area contributed by atoms with Crippen LogP contribution in [0.25, 0.3) is 0 Å². The van der Waals surface area contributed by atoms with Gasteiger partial charge in [-0.2, -0.15) is 0 Å². The number of nitrogens with zero attached hydrogens (tertiary/aromatic N) is 1. The number of hydrogen-bond donors (Lipinski definition) is 0. The van der Waals surface area contributed by atoms with Gasteiger partial charge in [-0.3, -0.25) is 4.79 Å². The Morgan fingerprint density at radius 1 is 1.17 bits per heavy atom. The summed E-state index contributed by atoms with van der Waals surface area (Å²) in [6.07, 6.45) is -1.29. The van der Waals surface area contributed by atoms with E-state index in [2.05, 4.69) is 0 Å². The molecule has 0 bridgehead atoms. The molecule has 18 heavy (non-hydrogen) atoms. The van der Waals surface area contributed by atoms with Gasteiger partial charge in [-0.1, -0.05) is 0 Å². The van der Waals surface area contributed by atoms with Crippen LogP contribution in [0, 0.1) is 0 Å². The van der Waals surface area contributed by atoms with Gasteiger partial charge in [-0.05, 0) is 26.1 Å². The van der Waals surface area contributed by atoms with E-state index in [1.807, 2.05) is 0 Å². The molecule has 0 aromatic rings. The van der Waals surface area contributed by atoms with Gasteiger partial charge in [0.15, 0.2) is 0 Å². The normalized spacial score (nSPS) is 11.3. The molecular weight excluding hydrogens is 258 g/mol. The Hall–Kier alpha value is -1.37. The van der Waals surface area contributed by atoms with Crippen molar-refractivity contribution in [1.29, 1.82) is 0 Å². The van der Waals surface area contributed by atoms with Crippen LogP contribution in [0.1, 0.15) is 20.3 Å².